The van der Waals surface area contributed by atoms with E-state index in [0.29, 0.717) is 54.5 Å². The summed E-state index contributed by atoms with van der Waals surface area (Å²) in [6, 6.07) is 20.7. The Labute approximate surface area is 234 Å². The fourth-order valence-electron chi connectivity index (χ4n) is 5.31. The maximum Gasteiger partial charge on any atom is 0.418 e. The van der Waals surface area contributed by atoms with Crippen LogP contribution in [0.25, 0.3) is 5.69 Å². The second-order valence-corrected chi connectivity index (χ2v) is 12.7. The number of ether oxygens (including phenoxy) is 1. The molecule has 1 atom stereocenters. The van der Waals surface area contributed by atoms with E-state index in [1.54, 1.807) is 29.9 Å². The summed E-state index contributed by atoms with van der Waals surface area (Å²) in [5.74, 6) is 0.540. The van der Waals surface area contributed by atoms with E-state index in [9.17, 15) is 17.6 Å². The van der Waals surface area contributed by atoms with Gasteiger partial charge in [0.15, 0.2) is 13.2 Å². The van der Waals surface area contributed by atoms with Gasteiger partial charge >= 0.3 is 6.18 Å². The first-order chi connectivity index (χ1) is 19.7. The number of hydrogen-bond acceptors (Lipinski definition) is 4. The van der Waals surface area contributed by atoms with Crippen LogP contribution in [0.4, 0.5) is 29.1 Å². The Balaban J connectivity index is 1.73. The fourth-order valence-corrected chi connectivity index (χ4v) is 9.14. The normalized spacial score (nSPS) is 19.6. The third kappa shape index (κ3) is 4.77. The number of halogens is 4. The van der Waals surface area contributed by atoms with Gasteiger partial charge in [-0.2, -0.15) is 18.3 Å². The zero-order chi connectivity index (χ0) is 28.8. The summed E-state index contributed by atoms with van der Waals surface area (Å²) in [7, 11) is -1.43. The minimum Gasteiger partial charge on any atom is -0.379 e. The van der Waals surface area contributed by atoms with Crippen molar-refractivity contribution in [3.8, 4) is 5.69 Å². The molecule has 0 unspecified atom stereocenters. The van der Waals surface area contributed by atoms with Crippen LogP contribution < -0.4 is 5.30 Å². The van der Waals surface area contributed by atoms with Gasteiger partial charge in [0.05, 0.1) is 41.2 Å². The van der Waals surface area contributed by atoms with E-state index in [4.69, 9.17) is 19.6 Å². The second-order valence-electron chi connectivity index (χ2n) is 9.72. The molecule has 2 aliphatic rings. The van der Waals surface area contributed by atoms with Crippen LogP contribution in [0.2, 0.25) is 0 Å². The zero-order valence-electron chi connectivity index (χ0n) is 22.4. The summed E-state index contributed by atoms with van der Waals surface area (Å²) in [6.07, 6.45) is -4.61. The standard InChI is InChI=1S/C29H27F4N6OP/c1-20-26-28(39(35-20)23-8-4-3-5-9-23)34-27(21-12-14-22(30)15-13-21)37(2)41(26,38-16-18-40-19-17-38)36-25-11-7-6-10-24(25)29(31,32)33/h3-15H,16-19H2,1-2H3/t41-/m0/s1. The van der Waals surface area contributed by atoms with E-state index in [1.165, 1.54) is 24.3 Å². The number of hydrogen-bond donors (Lipinski definition) is 0. The molecule has 4 aromatic rings. The summed E-state index contributed by atoms with van der Waals surface area (Å²) >= 11 is 0. The molecule has 0 amide bonds. The molecule has 3 aromatic carbocycles. The van der Waals surface area contributed by atoms with E-state index >= 15 is 0 Å². The largest absolute Gasteiger partial charge is 0.418 e. The molecule has 0 saturated carbocycles. The molecule has 0 radical (unpaired) electrons. The predicted molar refractivity (Wildman–Crippen MR) is 151 cm³/mol. The Morgan fingerprint density at radius 1 is 0.902 bits per heavy atom. The van der Waals surface area contributed by atoms with E-state index in [0.717, 1.165) is 11.8 Å². The Kier molecular flexibility index (Phi) is 7.05. The molecule has 0 spiro atoms. The summed E-state index contributed by atoms with van der Waals surface area (Å²) < 4.78 is 73.3. The van der Waals surface area contributed by atoms with Crippen molar-refractivity contribution < 1.29 is 22.3 Å². The molecule has 6 rings (SSSR count). The van der Waals surface area contributed by atoms with Crippen molar-refractivity contribution in [2.24, 2.45) is 9.74 Å². The van der Waals surface area contributed by atoms with Gasteiger partial charge in [0.2, 0.25) is 0 Å². The smallest absolute Gasteiger partial charge is 0.379 e. The Bertz CT molecular complexity index is 1660. The molecule has 0 bridgehead atoms. The number of aromatic nitrogens is 2. The number of alkyl halides is 3. The molecule has 3 heterocycles. The second kappa shape index (κ2) is 10.6. The van der Waals surface area contributed by atoms with E-state index in [-0.39, 0.29) is 5.69 Å². The van der Waals surface area contributed by atoms with Crippen molar-refractivity contribution in [3.05, 3.63) is 102 Å². The third-order valence-corrected chi connectivity index (χ3v) is 11.0. The van der Waals surface area contributed by atoms with Crippen LogP contribution in [-0.4, -0.2) is 58.3 Å². The van der Waals surface area contributed by atoms with Crippen LogP contribution in [0.15, 0.2) is 88.6 Å². The Morgan fingerprint density at radius 3 is 2.24 bits per heavy atom. The minimum absolute atomic E-state index is 0.162. The van der Waals surface area contributed by atoms with Crippen molar-refractivity contribution in [2.75, 3.05) is 33.4 Å². The highest BCUT2D eigenvalue weighted by Crippen LogP contribution is 2.62. The summed E-state index contributed by atoms with van der Waals surface area (Å²) in [4.78, 5) is 5.03. The highest BCUT2D eigenvalue weighted by atomic mass is 31.2. The lowest BCUT2D eigenvalue weighted by atomic mass is 10.2. The first-order valence-corrected chi connectivity index (χ1v) is 14.7. The molecule has 1 fully saturated rings. The SMILES string of the molecule is Cc1nn(-c2ccccc2)c2c1[P@@](=Nc1ccccc1C(F)(F)F)(N1CCOCC1)N(C)C(c1ccc(F)cc1)=N2. The molecular formula is C29H27F4N6OP. The van der Waals surface area contributed by atoms with Gasteiger partial charge in [0, 0.05) is 25.7 Å². The van der Waals surface area contributed by atoms with Crippen LogP contribution in [0, 0.1) is 12.7 Å². The molecule has 12 heteroatoms. The van der Waals surface area contributed by atoms with Crippen molar-refractivity contribution in [3.63, 3.8) is 0 Å². The maximum absolute atomic E-state index is 14.3. The number of para-hydroxylation sites is 1. The van der Waals surface area contributed by atoms with E-state index in [1.807, 2.05) is 41.9 Å². The molecule has 41 heavy (non-hydrogen) atoms. The number of nitrogens with zero attached hydrogens (tertiary/aromatic N) is 6. The van der Waals surface area contributed by atoms with Gasteiger partial charge in [-0.1, -0.05) is 30.3 Å². The molecule has 2 aliphatic heterocycles. The van der Waals surface area contributed by atoms with Crippen molar-refractivity contribution >= 4 is 30.0 Å². The molecule has 1 saturated heterocycles. The minimum atomic E-state index is -4.61. The molecule has 0 aliphatic carbocycles. The van der Waals surface area contributed by atoms with Gasteiger partial charge in [-0.25, -0.2) is 23.5 Å². The molecule has 1 aromatic heterocycles. The van der Waals surface area contributed by atoms with E-state index in [2.05, 4.69) is 4.67 Å². The summed E-state index contributed by atoms with van der Waals surface area (Å²) in [5.41, 5.74) is 0.992. The number of fused-ring (bicyclic) bond motifs is 1. The maximum atomic E-state index is 14.3. The van der Waals surface area contributed by atoms with Crippen molar-refractivity contribution in [1.82, 2.24) is 19.1 Å². The zero-order valence-corrected chi connectivity index (χ0v) is 23.3. The average Bonchev–Trinajstić information content (AvgIpc) is 3.32. The van der Waals surface area contributed by atoms with Gasteiger partial charge in [-0.15, -0.1) is 0 Å². The third-order valence-electron chi connectivity index (χ3n) is 7.18. The Hall–Kier alpha value is -3.79. The highest BCUT2D eigenvalue weighted by Gasteiger charge is 2.46. The van der Waals surface area contributed by atoms with Gasteiger partial charge in [0.25, 0.3) is 0 Å². The van der Waals surface area contributed by atoms with Gasteiger partial charge in [0.1, 0.15) is 11.7 Å². The van der Waals surface area contributed by atoms with Gasteiger partial charge in [-0.05, 0) is 55.5 Å². The average molecular weight is 583 g/mol. The molecule has 212 valence electrons. The predicted octanol–water partition coefficient (Wildman–Crippen LogP) is 6.68. The van der Waals surface area contributed by atoms with Crippen molar-refractivity contribution in [1.29, 1.82) is 0 Å². The van der Waals surface area contributed by atoms with Crippen LogP contribution in [0.5, 0.6) is 0 Å². The molecular weight excluding hydrogens is 555 g/mol. The van der Waals surface area contributed by atoms with Crippen molar-refractivity contribution in [2.45, 2.75) is 13.1 Å². The number of aryl methyl sites for hydroxylation is 1. The molecule has 7 nitrogen and oxygen atoms in total. The first-order valence-electron chi connectivity index (χ1n) is 13.1. The van der Waals surface area contributed by atoms with Gasteiger partial charge < -0.3 is 9.41 Å². The summed E-state index contributed by atoms with van der Waals surface area (Å²) in [5, 5.41) is 5.53. The quantitative estimate of drug-likeness (QED) is 0.199. The van der Waals surface area contributed by atoms with Crippen LogP contribution in [0.1, 0.15) is 16.8 Å². The van der Waals surface area contributed by atoms with Gasteiger partial charge in [-0.3, -0.25) is 0 Å². The van der Waals surface area contributed by atoms with E-state index < -0.39 is 24.9 Å². The number of aliphatic imine (C=N–C) groups is 1. The van der Waals surface area contributed by atoms with Crippen LogP contribution in [-0.2, 0) is 10.9 Å². The fraction of sp³-hybridized carbons (Fsp3) is 0.241. The monoisotopic (exact) mass is 582 g/mol. The number of rotatable bonds is 4. The highest BCUT2D eigenvalue weighted by molar-refractivity contribution is 7.70. The number of amidine groups is 1. The lowest BCUT2D eigenvalue weighted by Gasteiger charge is -2.46. The number of benzene rings is 3. The van der Waals surface area contributed by atoms with Crippen LogP contribution in [0.3, 0.4) is 0 Å². The lowest BCUT2D eigenvalue weighted by Crippen LogP contribution is -2.45. The van der Waals surface area contributed by atoms with Crippen LogP contribution >= 0.6 is 7.36 Å². The molecule has 0 N–H and O–H groups in total. The Morgan fingerprint density at radius 2 is 1.56 bits per heavy atom. The first kappa shape index (κ1) is 27.4. The summed E-state index contributed by atoms with van der Waals surface area (Å²) in [6.45, 7) is 3.53. The lowest BCUT2D eigenvalue weighted by molar-refractivity contribution is -0.137. The topological polar surface area (TPSA) is 58.3 Å². The number of morpholine rings is 1.